The van der Waals surface area contributed by atoms with Crippen molar-refractivity contribution in [1.29, 1.82) is 0 Å². The van der Waals surface area contributed by atoms with Crippen molar-refractivity contribution >= 4 is 15.9 Å². The van der Waals surface area contributed by atoms with E-state index < -0.39 is 16.6 Å². The van der Waals surface area contributed by atoms with Crippen LogP contribution in [0.15, 0.2) is 12.4 Å². The molecule has 0 saturated carbocycles. The highest BCUT2D eigenvalue weighted by Crippen LogP contribution is 2.44. The fourth-order valence-electron chi connectivity index (χ4n) is 0.154. The predicted octanol–water partition coefficient (Wildman–Crippen LogP) is 3.09. The van der Waals surface area contributed by atoms with Crippen LogP contribution in [-0.2, 0) is 0 Å². The smallest absolute Gasteiger partial charge is 0.213 e. The summed E-state index contributed by atoms with van der Waals surface area (Å²) in [7, 11) is 0. The average Bonchev–Trinajstić information content (AvgIpc) is 1.62. The minimum atomic E-state index is -5.31. The molecule has 0 saturated heterocycles. The van der Waals surface area contributed by atoms with Crippen LogP contribution < -0.4 is 0 Å². The maximum atomic E-state index is 12.0. The number of allylic oxidation sites excluding steroid dienone is 1. The molecule has 6 heteroatoms. The van der Waals surface area contributed by atoms with Gasteiger partial charge >= 0.3 is 10.8 Å². The fraction of sp³-hybridized carbons (Fsp3) is 0.500. The third-order valence-corrected chi connectivity index (χ3v) is 1.58. The Morgan fingerprint density at radius 3 is 1.50 bits per heavy atom. The maximum absolute atomic E-state index is 12.0. The normalized spacial score (nSPS) is 18.2. The standard InChI is InChI=1S/C4H2BrF5/c1-2(6)3(5,7)4(8,9)10/h1H2. The molecule has 0 radical (unpaired) electrons. The van der Waals surface area contributed by atoms with E-state index in [1.54, 1.807) is 0 Å². The van der Waals surface area contributed by atoms with Crippen LogP contribution in [-0.4, -0.2) is 10.8 Å². The Labute approximate surface area is 61.8 Å². The van der Waals surface area contributed by atoms with Crippen LogP contribution in [0.1, 0.15) is 0 Å². The van der Waals surface area contributed by atoms with E-state index in [-0.39, 0.29) is 0 Å². The Hall–Kier alpha value is -0.130. The molecule has 0 N–H and O–H groups in total. The summed E-state index contributed by atoms with van der Waals surface area (Å²) in [6.07, 6.45) is -5.31. The summed E-state index contributed by atoms with van der Waals surface area (Å²) in [6.45, 7) is 2.18. The summed E-state index contributed by atoms with van der Waals surface area (Å²) in [6, 6.07) is 0. The van der Waals surface area contributed by atoms with Gasteiger partial charge in [0.1, 0.15) is 0 Å². The molecule has 0 heterocycles. The van der Waals surface area contributed by atoms with Crippen LogP contribution in [0.4, 0.5) is 22.0 Å². The molecule has 0 rings (SSSR count). The number of alkyl halides is 5. The van der Waals surface area contributed by atoms with Gasteiger partial charge in [-0.2, -0.15) is 13.2 Å². The molecule has 0 bridgehead atoms. The van der Waals surface area contributed by atoms with Gasteiger partial charge in [0, 0.05) is 0 Å². The highest BCUT2D eigenvalue weighted by molar-refractivity contribution is 9.10. The van der Waals surface area contributed by atoms with Gasteiger partial charge in [-0.15, -0.1) is 0 Å². The lowest BCUT2D eigenvalue weighted by molar-refractivity contribution is -0.184. The van der Waals surface area contributed by atoms with E-state index in [4.69, 9.17) is 0 Å². The van der Waals surface area contributed by atoms with E-state index in [0.717, 1.165) is 0 Å². The number of halogens is 6. The molecule has 0 aliphatic heterocycles. The van der Waals surface area contributed by atoms with E-state index >= 15 is 0 Å². The molecule has 1 unspecified atom stereocenters. The summed E-state index contributed by atoms with van der Waals surface area (Å²) < 4.78 is 53.6. The van der Waals surface area contributed by atoms with Gasteiger partial charge in [0.25, 0.3) is 0 Å². The summed E-state index contributed by atoms with van der Waals surface area (Å²) in [4.78, 5) is 0. The van der Waals surface area contributed by atoms with E-state index in [9.17, 15) is 22.0 Å². The molecule has 0 aromatic rings. The second-order valence-corrected chi connectivity index (χ2v) is 2.57. The van der Waals surface area contributed by atoms with Crippen LogP contribution in [0, 0.1) is 0 Å². The summed E-state index contributed by atoms with van der Waals surface area (Å²) in [5.74, 6) is -2.11. The van der Waals surface area contributed by atoms with Crippen molar-refractivity contribution < 1.29 is 22.0 Å². The monoisotopic (exact) mass is 224 g/mol. The van der Waals surface area contributed by atoms with Gasteiger partial charge in [0.2, 0.25) is 0 Å². The molecule has 0 aromatic heterocycles. The minimum absolute atomic E-state index is 1.50. The lowest BCUT2D eigenvalue weighted by Gasteiger charge is -2.18. The van der Waals surface area contributed by atoms with Gasteiger partial charge in [-0.1, -0.05) is 6.58 Å². The molecular formula is C4H2BrF5. The molecule has 0 spiro atoms. The molecule has 60 valence electrons. The first-order valence-corrected chi connectivity index (χ1v) is 2.78. The van der Waals surface area contributed by atoms with Crippen molar-refractivity contribution in [2.45, 2.75) is 10.8 Å². The molecule has 0 nitrogen and oxygen atoms in total. The zero-order valence-corrected chi connectivity index (χ0v) is 6.06. The fourth-order valence-corrected chi connectivity index (χ4v) is 0.154. The van der Waals surface area contributed by atoms with Crippen LogP contribution in [0.2, 0.25) is 0 Å². The molecule has 0 aliphatic carbocycles. The molecule has 1 atom stereocenters. The first-order chi connectivity index (χ1) is 4.19. The number of rotatable bonds is 1. The van der Waals surface area contributed by atoms with E-state index in [2.05, 4.69) is 6.58 Å². The predicted molar refractivity (Wildman–Crippen MR) is 29.1 cm³/mol. The minimum Gasteiger partial charge on any atom is -0.213 e. The second kappa shape index (κ2) is 2.48. The van der Waals surface area contributed by atoms with E-state index in [0.29, 0.717) is 0 Å². The molecule has 0 amide bonds. The number of hydrogen-bond donors (Lipinski definition) is 0. The highest BCUT2D eigenvalue weighted by Gasteiger charge is 2.57. The quantitative estimate of drug-likeness (QED) is 0.475. The van der Waals surface area contributed by atoms with Gasteiger partial charge in [-0.25, -0.2) is 8.78 Å². The average molecular weight is 225 g/mol. The molecule has 0 aromatic carbocycles. The lowest BCUT2D eigenvalue weighted by atomic mass is 10.3. The maximum Gasteiger partial charge on any atom is 0.439 e. The van der Waals surface area contributed by atoms with Crippen LogP contribution in [0.5, 0.6) is 0 Å². The number of hydrogen-bond acceptors (Lipinski definition) is 0. The van der Waals surface area contributed by atoms with Gasteiger partial charge in [-0.05, 0) is 15.9 Å². The van der Waals surface area contributed by atoms with Gasteiger partial charge in [-0.3, -0.25) is 0 Å². The Kier molecular flexibility index (Phi) is 2.45. The van der Waals surface area contributed by atoms with E-state index in [1.165, 1.54) is 15.9 Å². The topological polar surface area (TPSA) is 0 Å². The Balaban J connectivity index is 4.57. The lowest BCUT2D eigenvalue weighted by Crippen LogP contribution is -2.34. The van der Waals surface area contributed by atoms with Crippen molar-refractivity contribution in [3.8, 4) is 0 Å². The Morgan fingerprint density at radius 2 is 1.50 bits per heavy atom. The van der Waals surface area contributed by atoms with Gasteiger partial charge < -0.3 is 0 Å². The zero-order valence-electron chi connectivity index (χ0n) is 4.47. The third-order valence-electron chi connectivity index (χ3n) is 0.697. The summed E-state index contributed by atoms with van der Waals surface area (Å²) in [5, 5.41) is 0. The zero-order chi connectivity index (χ0) is 8.58. The van der Waals surface area contributed by atoms with Crippen molar-refractivity contribution in [1.82, 2.24) is 0 Å². The summed E-state index contributed by atoms with van der Waals surface area (Å²) >= 11 is 1.50. The van der Waals surface area contributed by atoms with Crippen molar-refractivity contribution in [3.63, 3.8) is 0 Å². The summed E-state index contributed by atoms with van der Waals surface area (Å²) in [5.41, 5.74) is 0. The van der Waals surface area contributed by atoms with Gasteiger partial charge in [0.15, 0.2) is 5.83 Å². The SMILES string of the molecule is C=C(F)C(F)(Br)C(F)(F)F. The molecule has 10 heavy (non-hydrogen) atoms. The third kappa shape index (κ3) is 1.68. The van der Waals surface area contributed by atoms with Gasteiger partial charge in [0.05, 0.1) is 0 Å². The first-order valence-electron chi connectivity index (χ1n) is 1.99. The highest BCUT2D eigenvalue weighted by atomic mass is 79.9. The first kappa shape index (κ1) is 9.87. The Bertz CT molecular complexity index is 146. The van der Waals surface area contributed by atoms with Crippen molar-refractivity contribution in [3.05, 3.63) is 12.4 Å². The molecular weight excluding hydrogens is 223 g/mol. The second-order valence-electron chi connectivity index (χ2n) is 1.48. The van der Waals surface area contributed by atoms with E-state index in [1.807, 2.05) is 0 Å². The van der Waals surface area contributed by atoms with Crippen LogP contribution in [0.3, 0.4) is 0 Å². The van der Waals surface area contributed by atoms with Crippen LogP contribution >= 0.6 is 15.9 Å². The van der Waals surface area contributed by atoms with Crippen LogP contribution in [0.25, 0.3) is 0 Å². The molecule has 0 aliphatic rings. The Morgan fingerprint density at radius 1 is 1.20 bits per heavy atom. The van der Waals surface area contributed by atoms with Crippen molar-refractivity contribution in [2.75, 3.05) is 0 Å². The molecule has 0 fully saturated rings. The van der Waals surface area contributed by atoms with Crippen molar-refractivity contribution in [2.24, 2.45) is 0 Å². The largest absolute Gasteiger partial charge is 0.439 e.